The van der Waals surface area contributed by atoms with Crippen LogP contribution in [0.15, 0.2) is 59.8 Å². The lowest BCUT2D eigenvalue weighted by Crippen LogP contribution is -1.93. The molecular formula is C15H11ClFN5. The van der Waals surface area contributed by atoms with Gasteiger partial charge in [0.05, 0.1) is 23.8 Å². The third-order valence-electron chi connectivity index (χ3n) is 2.84. The van der Waals surface area contributed by atoms with Crippen LogP contribution in [-0.2, 0) is 0 Å². The van der Waals surface area contributed by atoms with E-state index in [1.807, 2.05) is 12.1 Å². The molecule has 5 nitrogen and oxygen atoms in total. The summed E-state index contributed by atoms with van der Waals surface area (Å²) in [5, 5.41) is 12.7. The number of hydrazone groups is 1. The van der Waals surface area contributed by atoms with Crippen molar-refractivity contribution in [1.82, 2.24) is 15.0 Å². The third kappa shape index (κ3) is 3.48. The number of halogens is 2. The number of rotatable bonds is 4. The number of hydrogen-bond acceptors (Lipinski definition) is 4. The van der Waals surface area contributed by atoms with Gasteiger partial charge in [0.1, 0.15) is 11.5 Å². The zero-order valence-electron chi connectivity index (χ0n) is 11.3. The van der Waals surface area contributed by atoms with Crippen molar-refractivity contribution in [3.8, 4) is 5.69 Å². The van der Waals surface area contributed by atoms with Crippen LogP contribution in [0, 0.1) is 5.82 Å². The van der Waals surface area contributed by atoms with E-state index in [0.717, 1.165) is 5.69 Å². The molecule has 0 aliphatic rings. The molecule has 3 aromatic rings. The summed E-state index contributed by atoms with van der Waals surface area (Å²) in [7, 11) is 0. The molecule has 0 bridgehead atoms. The number of hydrogen-bond donors (Lipinski definition) is 1. The van der Waals surface area contributed by atoms with Gasteiger partial charge in [0.25, 0.3) is 0 Å². The minimum absolute atomic E-state index is 0.291. The topological polar surface area (TPSA) is 55.1 Å². The highest BCUT2D eigenvalue weighted by Crippen LogP contribution is 2.12. The van der Waals surface area contributed by atoms with Crippen molar-refractivity contribution in [1.29, 1.82) is 0 Å². The number of anilines is 1. The summed E-state index contributed by atoms with van der Waals surface area (Å²) in [4.78, 5) is 0. The van der Waals surface area contributed by atoms with E-state index < -0.39 is 0 Å². The highest BCUT2D eigenvalue weighted by Gasteiger charge is 2.00. The van der Waals surface area contributed by atoms with E-state index >= 15 is 0 Å². The summed E-state index contributed by atoms with van der Waals surface area (Å²) < 4.78 is 14.4. The van der Waals surface area contributed by atoms with Crippen molar-refractivity contribution >= 4 is 23.5 Å². The maximum Gasteiger partial charge on any atom is 0.126 e. The van der Waals surface area contributed by atoms with E-state index in [4.69, 9.17) is 11.6 Å². The van der Waals surface area contributed by atoms with Gasteiger partial charge in [-0.15, -0.1) is 5.10 Å². The smallest absolute Gasteiger partial charge is 0.126 e. The van der Waals surface area contributed by atoms with Gasteiger partial charge in [-0.2, -0.15) is 5.10 Å². The summed E-state index contributed by atoms with van der Waals surface area (Å²) in [5.41, 5.74) is 4.91. The van der Waals surface area contributed by atoms with Gasteiger partial charge in [0, 0.05) is 5.02 Å². The fourth-order valence-electron chi connectivity index (χ4n) is 1.75. The SMILES string of the molecule is Fc1ccc(N/N=C/c2cn(-c3ccc(Cl)cc3)nn2)cc1. The van der Waals surface area contributed by atoms with Crippen LogP contribution in [0.3, 0.4) is 0 Å². The molecule has 0 unspecified atom stereocenters. The van der Waals surface area contributed by atoms with Crippen molar-refractivity contribution in [2.75, 3.05) is 5.43 Å². The minimum atomic E-state index is -0.291. The average molecular weight is 316 g/mol. The third-order valence-corrected chi connectivity index (χ3v) is 3.09. The van der Waals surface area contributed by atoms with Crippen LogP contribution in [0.1, 0.15) is 5.69 Å². The number of aromatic nitrogens is 3. The van der Waals surface area contributed by atoms with Gasteiger partial charge in [-0.1, -0.05) is 16.8 Å². The van der Waals surface area contributed by atoms with Gasteiger partial charge in [-0.25, -0.2) is 9.07 Å². The maximum absolute atomic E-state index is 12.8. The summed E-state index contributed by atoms with van der Waals surface area (Å²) in [6, 6.07) is 13.1. The van der Waals surface area contributed by atoms with Gasteiger partial charge >= 0.3 is 0 Å². The van der Waals surface area contributed by atoms with Crippen LogP contribution in [0.2, 0.25) is 5.02 Å². The molecule has 1 aromatic heterocycles. The lowest BCUT2D eigenvalue weighted by molar-refractivity contribution is 0.628. The molecule has 7 heteroatoms. The predicted octanol–water partition coefficient (Wildman–Crippen LogP) is 3.51. The molecule has 0 atom stereocenters. The summed E-state index contributed by atoms with van der Waals surface area (Å²) in [6.07, 6.45) is 3.27. The molecule has 0 aliphatic heterocycles. The van der Waals surface area contributed by atoms with Crippen LogP contribution in [0.4, 0.5) is 10.1 Å². The van der Waals surface area contributed by atoms with Gasteiger partial charge in [-0.3, -0.25) is 5.43 Å². The first-order valence-corrected chi connectivity index (χ1v) is 6.81. The largest absolute Gasteiger partial charge is 0.278 e. The van der Waals surface area contributed by atoms with E-state index in [1.165, 1.54) is 18.3 Å². The normalized spacial score (nSPS) is 11.0. The summed E-state index contributed by atoms with van der Waals surface area (Å²) in [5.74, 6) is -0.291. The Morgan fingerprint density at radius 2 is 1.82 bits per heavy atom. The summed E-state index contributed by atoms with van der Waals surface area (Å²) in [6.45, 7) is 0. The van der Waals surface area contributed by atoms with E-state index in [0.29, 0.717) is 16.4 Å². The van der Waals surface area contributed by atoms with Crippen molar-refractivity contribution in [2.45, 2.75) is 0 Å². The molecule has 1 N–H and O–H groups in total. The minimum Gasteiger partial charge on any atom is -0.278 e. The average Bonchev–Trinajstić information content (AvgIpc) is 2.99. The lowest BCUT2D eigenvalue weighted by Gasteiger charge is -1.98. The van der Waals surface area contributed by atoms with E-state index in [-0.39, 0.29) is 5.82 Å². The predicted molar refractivity (Wildman–Crippen MR) is 84.0 cm³/mol. The Hall–Kier alpha value is -2.73. The van der Waals surface area contributed by atoms with Crippen molar-refractivity contribution in [2.24, 2.45) is 5.10 Å². The fraction of sp³-hybridized carbons (Fsp3) is 0. The highest BCUT2D eigenvalue weighted by molar-refractivity contribution is 6.30. The number of nitrogens with zero attached hydrogens (tertiary/aromatic N) is 4. The molecular weight excluding hydrogens is 305 g/mol. The molecule has 0 fully saturated rings. The first kappa shape index (κ1) is 14.2. The molecule has 0 amide bonds. The molecule has 0 spiro atoms. The number of nitrogens with one attached hydrogen (secondary N) is 1. The zero-order valence-corrected chi connectivity index (χ0v) is 12.1. The van der Waals surface area contributed by atoms with Crippen LogP contribution in [-0.4, -0.2) is 21.2 Å². The van der Waals surface area contributed by atoms with Crippen LogP contribution in [0.25, 0.3) is 5.69 Å². The molecule has 110 valence electrons. The lowest BCUT2D eigenvalue weighted by atomic mass is 10.3. The van der Waals surface area contributed by atoms with Crippen LogP contribution < -0.4 is 5.43 Å². The molecule has 0 saturated heterocycles. The Bertz CT molecular complexity index is 780. The quantitative estimate of drug-likeness (QED) is 0.592. The van der Waals surface area contributed by atoms with Crippen molar-refractivity contribution < 1.29 is 4.39 Å². The van der Waals surface area contributed by atoms with E-state index in [2.05, 4.69) is 20.8 Å². The molecule has 1 heterocycles. The summed E-state index contributed by atoms with van der Waals surface area (Å²) >= 11 is 5.84. The molecule has 0 radical (unpaired) electrons. The van der Waals surface area contributed by atoms with Crippen molar-refractivity contribution in [3.05, 3.63) is 71.3 Å². The van der Waals surface area contributed by atoms with E-state index in [9.17, 15) is 4.39 Å². The van der Waals surface area contributed by atoms with Gasteiger partial charge in [-0.05, 0) is 48.5 Å². The maximum atomic E-state index is 12.8. The van der Waals surface area contributed by atoms with Crippen LogP contribution in [0.5, 0.6) is 0 Å². The second-order valence-corrected chi connectivity index (χ2v) is 4.88. The van der Waals surface area contributed by atoms with Gasteiger partial charge < -0.3 is 0 Å². The monoisotopic (exact) mass is 315 g/mol. The first-order chi connectivity index (χ1) is 10.7. The first-order valence-electron chi connectivity index (χ1n) is 6.44. The molecule has 3 rings (SSSR count). The van der Waals surface area contributed by atoms with E-state index in [1.54, 1.807) is 35.1 Å². The molecule has 0 aliphatic carbocycles. The Labute approximate surface area is 131 Å². The van der Waals surface area contributed by atoms with Crippen LogP contribution >= 0.6 is 11.6 Å². The van der Waals surface area contributed by atoms with Crippen molar-refractivity contribution in [3.63, 3.8) is 0 Å². The van der Waals surface area contributed by atoms with Gasteiger partial charge in [0.2, 0.25) is 0 Å². The fourth-order valence-corrected chi connectivity index (χ4v) is 1.88. The Kier molecular flexibility index (Phi) is 4.11. The highest BCUT2D eigenvalue weighted by atomic mass is 35.5. The molecule has 22 heavy (non-hydrogen) atoms. The zero-order chi connectivity index (χ0) is 15.4. The second-order valence-electron chi connectivity index (χ2n) is 4.44. The van der Waals surface area contributed by atoms with Gasteiger partial charge in [0.15, 0.2) is 0 Å². The Morgan fingerprint density at radius 1 is 1.09 bits per heavy atom. The number of benzene rings is 2. The Balaban J connectivity index is 1.67. The second kappa shape index (κ2) is 6.36. The standard InChI is InChI=1S/C15H11ClFN5/c16-11-1-7-15(8-2-11)22-10-14(20-21-22)9-18-19-13-5-3-12(17)4-6-13/h1-10,19H/b18-9+. The molecule has 0 saturated carbocycles. The molecule has 2 aromatic carbocycles. The Morgan fingerprint density at radius 3 is 2.55 bits per heavy atom.